The molecular weight excluding hydrogens is 246 g/mol. The van der Waals surface area contributed by atoms with Gasteiger partial charge in [0.15, 0.2) is 0 Å². The van der Waals surface area contributed by atoms with Gasteiger partial charge in [-0.1, -0.05) is 17.9 Å². The van der Waals surface area contributed by atoms with Crippen molar-refractivity contribution in [3.8, 4) is 11.5 Å². The smallest absolute Gasteiger partial charge is 0.313 e. The molecule has 0 saturated heterocycles. The van der Waals surface area contributed by atoms with Crippen LogP contribution in [0.25, 0.3) is 11.5 Å². The highest BCUT2D eigenvalue weighted by Gasteiger charge is 2.16. The maximum atomic E-state index is 5.41. The van der Waals surface area contributed by atoms with E-state index in [-0.39, 0.29) is 6.01 Å². The number of benzene rings is 1. The molecule has 18 heavy (non-hydrogen) atoms. The molecule has 0 aliphatic heterocycles. The Kier molecular flexibility index (Phi) is 3.23. The molecule has 1 heterocycles. The third-order valence-corrected chi connectivity index (χ3v) is 4.50. The fourth-order valence-electron chi connectivity index (χ4n) is 2.23. The fourth-order valence-corrected chi connectivity index (χ4v) is 3.47. The summed E-state index contributed by atoms with van der Waals surface area (Å²) in [4.78, 5) is 1.30. The standard InChI is InChI=1S/C13H15N3OS/c14-13-16-15-12(17-13)9-5-7-11(8-6-9)18-10-3-1-2-4-10/h5-8,10H,1-4H2,(H2,14,16). The highest BCUT2D eigenvalue weighted by Crippen LogP contribution is 2.35. The van der Waals surface area contributed by atoms with E-state index in [0.717, 1.165) is 10.8 Å². The monoisotopic (exact) mass is 261 g/mol. The van der Waals surface area contributed by atoms with Gasteiger partial charge in [0.25, 0.3) is 0 Å². The van der Waals surface area contributed by atoms with Gasteiger partial charge in [0.05, 0.1) is 0 Å². The van der Waals surface area contributed by atoms with Gasteiger partial charge in [-0.15, -0.1) is 16.9 Å². The molecule has 0 bridgehead atoms. The van der Waals surface area contributed by atoms with E-state index >= 15 is 0 Å². The zero-order valence-corrected chi connectivity index (χ0v) is 10.8. The Morgan fingerprint density at radius 2 is 1.83 bits per heavy atom. The number of nitrogens with zero attached hydrogens (tertiary/aromatic N) is 2. The number of anilines is 1. The van der Waals surface area contributed by atoms with Gasteiger partial charge in [0.1, 0.15) is 0 Å². The van der Waals surface area contributed by atoms with Crippen molar-refractivity contribution in [1.82, 2.24) is 10.2 Å². The van der Waals surface area contributed by atoms with Crippen LogP contribution >= 0.6 is 11.8 Å². The highest BCUT2D eigenvalue weighted by atomic mass is 32.2. The molecule has 1 aliphatic rings. The maximum absolute atomic E-state index is 5.41. The van der Waals surface area contributed by atoms with E-state index in [1.54, 1.807) is 0 Å². The zero-order chi connectivity index (χ0) is 12.4. The van der Waals surface area contributed by atoms with Crippen molar-refractivity contribution in [2.45, 2.75) is 35.8 Å². The average molecular weight is 261 g/mol. The lowest BCUT2D eigenvalue weighted by molar-refractivity contribution is 0.590. The minimum Gasteiger partial charge on any atom is -0.404 e. The van der Waals surface area contributed by atoms with E-state index in [1.165, 1.54) is 30.6 Å². The number of thioether (sulfide) groups is 1. The van der Waals surface area contributed by atoms with E-state index in [4.69, 9.17) is 10.2 Å². The molecule has 1 aromatic carbocycles. The first-order valence-electron chi connectivity index (χ1n) is 6.17. The van der Waals surface area contributed by atoms with Gasteiger partial charge in [0, 0.05) is 15.7 Å². The third-order valence-electron chi connectivity index (χ3n) is 3.15. The summed E-state index contributed by atoms with van der Waals surface area (Å²) in [5.41, 5.74) is 6.32. The summed E-state index contributed by atoms with van der Waals surface area (Å²) in [6, 6.07) is 8.33. The van der Waals surface area contributed by atoms with Crippen LogP contribution in [-0.2, 0) is 0 Å². The van der Waals surface area contributed by atoms with Crippen LogP contribution in [0.3, 0.4) is 0 Å². The van der Waals surface area contributed by atoms with Crippen LogP contribution in [0.4, 0.5) is 6.01 Å². The second kappa shape index (κ2) is 5.02. The second-order valence-corrected chi connectivity index (χ2v) is 5.87. The van der Waals surface area contributed by atoms with Gasteiger partial charge in [-0.05, 0) is 37.1 Å². The molecule has 3 rings (SSSR count). The molecule has 1 fully saturated rings. The predicted octanol–water partition coefficient (Wildman–Crippen LogP) is 3.35. The van der Waals surface area contributed by atoms with Crippen molar-refractivity contribution in [1.29, 1.82) is 0 Å². The van der Waals surface area contributed by atoms with Crippen molar-refractivity contribution in [2.24, 2.45) is 0 Å². The van der Waals surface area contributed by atoms with Crippen molar-refractivity contribution < 1.29 is 4.42 Å². The summed E-state index contributed by atoms with van der Waals surface area (Å²) in [6.07, 6.45) is 5.42. The van der Waals surface area contributed by atoms with Crippen LogP contribution in [0, 0.1) is 0 Å². The quantitative estimate of drug-likeness (QED) is 0.917. The lowest BCUT2D eigenvalue weighted by atomic mass is 10.2. The summed E-state index contributed by atoms with van der Waals surface area (Å²) in [6.45, 7) is 0. The first-order chi connectivity index (χ1) is 8.81. The number of nitrogens with two attached hydrogens (primary N) is 1. The van der Waals surface area contributed by atoms with Gasteiger partial charge < -0.3 is 10.2 Å². The molecule has 1 aromatic heterocycles. The van der Waals surface area contributed by atoms with Crippen molar-refractivity contribution in [2.75, 3.05) is 5.73 Å². The van der Waals surface area contributed by atoms with E-state index in [2.05, 4.69) is 22.3 Å². The molecule has 4 nitrogen and oxygen atoms in total. The first kappa shape index (κ1) is 11.6. The largest absolute Gasteiger partial charge is 0.404 e. The Balaban J connectivity index is 1.72. The van der Waals surface area contributed by atoms with Gasteiger partial charge >= 0.3 is 6.01 Å². The molecule has 0 atom stereocenters. The molecule has 2 N–H and O–H groups in total. The van der Waals surface area contributed by atoms with Crippen LogP contribution in [0.5, 0.6) is 0 Å². The van der Waals surface area contributed by atoms with Crippen LogP contribution < -0.4 is 5.73 Å². The Labute approximate surface area is 110 Å². The number of hydrogen-bond donors (Lipinski definition) is 1. The molecule has 5 heteroatoms. The predicted molar refractivity (Wildman–Crippen MR) is 72.3 cm³/mol. The van der Waals surface area contributed by atoms with Gasteiger partial charge in [0.2, 0.25) is 5.89 Å². The average Bonchev–Trinajstić information content (AvgIpc) is 3.02. The number of hydrogen-bond acceptors (Lipinski definition) is 5. The van der Waals surface area contributed by atoms with Crippen LogP contribution in [-0.4, -0.2) is 15.4 Å². The molecule has 2 aromatic rings. The van der Waals surface area contributed by atoms with E-state index in [9.17, 15) is 0 Å². The summed E-state index contributed by atoms with van der Waals surface area (Å²) in [5, 5.41) is 8.31. The topological polar surface area (TPSA) is 64.9 Å². The van der Waals surface area contributed by atoms with Crippen LogP contribution in [0.1, 0.15) is 25.7 Å². The summed E-state index contributed by atoms with van der Waals surface area (Å²) >= 11 is 1.97. The van der Waals surface area contributed by atoms with Crippen LogP contribution in [0.2, 0.25) is 0 Å². The Morgan fingerprint density at radius 1 is 1.11 bits per heavy atom. The number of aromatic nitrogens is 2. The summed E-state index contributed by atoms with van der Waals surface area (Å²) in [7, 11) is 0. The van der Waals surface area contributed by atoms with Crippen molar-refractivity contribution in [3.05, 3.63) is 24.3 Å². The lowest BCUT2D eigenvalue weighted by Gasteiger charge is -2.08. The molecular formula is C13H15N3OS. The molecule has 94 valence electrons. The van der Waals surface area contributed by atoms with E-state index in [0.29, 0.717) is 5.89 Å². The minimum absolute atomic E-state index is 0.106. The van der Waals surface area contributed by atoms with E-state index < -0.39 is 0 Å². The second-order valence-electron chi connectivity index (χ2n) is 4.49. The van der Waals surface area contributed by atoms with Crippen molar-refractivity contribution >= 4 is 17.8 Å². The Bertz CT molecular complexity index is 517. The van der Waals surface area contributed by atoms with Gasteiger partial charge in [-0.3, -0.25) is 0 Å². The fraction of sp³-hybridized carbons (Fsp3) is 0.385. The SMILES string of the molecule is Nc1nnc(-c2ccc(SC3CCCC3)cc2)o1. The highest BCUT2D eigenvalue weighted by molar-refractivity contribution is 8.00. The molecule has 1 aliphatic carbocycles. The Morgan fingerprint density at radius 3 is 2.44 bits per heavy atom. The zero-order valence-electron chi connectivity index (χ0n) is 10.0. The normalized spacial score (nSPS) is 16.2. The lowest BCUT2D eigenvalue weighted by Crippen LogP contribution is -1.92. The summed E-state index contributed by atoms with van der Waals surface area (Å²) < 4.78 is 5.19. The van der Waals surface area contributed by atoms with Gasteiger partial charge in [-0.25, -0.2) is 0 Å². The van der Waals surface area contributed by atoms with E-state index in [1.807, 2.05) is 23.9 Å². The number of nitrogen functional groups attached to an aromatic ring is 1. The first-order valence-corrected chi connectivity index (χ1v) is 7.05. The molecule has 0 radical (unpaired) electrons. The summed E-state index contributed by atoms with van der Waals surface area (Å²) in [5.74, 6) is 0.477. The molecule has 0 unspecified atom stereocenters. The molecule has 0 amide bonds. The van der Waals surface area contributed by atoms with Crippen LogP contribution in [0.15, 0.2) is 33.6 Å². The Hall–Kier alpha value is -1.49. The van der Waals surface area contributed by atoms with Gasteiger partial charge in [-0.2, -0.15) is 0 Å². The number of rotatable bonds is 3. The third kappa shape index (κ3) is 2.51. The van der Waals surface area contributed by atoms with Crippen molar-refractivity contribution in [3.63, 3.8) is 0 Å². The maximum Gasteiger partial charge on any atom is 0.313 e. The molecule has 0 spiro atoms. The minimum atomic E-state index is 0.106. The molecule has 1 saturated carbocycles.